The van der Waals surface area contributed by atoms with Gasteiger partial charge in [0.05, 0.1) is 6.20 Å². The zero-order valence-electron chi connectivity index (χ0n) is 10.7. The highest BCUT2D eigenvalue weighted by Gasteiger charge is 2.27. The first-order chi connectivity index (χ1) is 8.74. The second kappa shape index (κ2) is 6.48. The van der Waals surface area contributed by atoms with Crippen LogP contribution < -0.4 is 10.6 Å². The Hall–Kier alpha value is -0.680. The van der Waals surface area contributed by atoms with Crippen LogP contribution in [0.25, 0.3) is 0 Å². The molecule has 2 rings (SSSR count). The normalized spacial score (nSPS) is 23.1. The Bertz CT molecular complexity index is 402. The lowest BCUT2D eigenvalue weighted by Crippen LogP contribution is -2.26. The molecule has 0 bridgehead atoms. The molecule has 1 heterocycles. The van der Waals surface area contributed by atoms with E-state index in [0.717, 1.165) is 12.4 Å². The zero-order chi connectivity index (χ0) is 13.0. The number of rotatable bonds is 5. The predicted molar refractivity (Wildman–Crippen MR) is 79.8 cm³/mol. The van der Waals surface area contributed by atoms with E-state index in [1.54, 1.807) is 6.20 Å². The SMILES string of the molecule is CCNc1ncc(Cl)c(NC2CCCC2SC)n1. The highest BCUT2D eigenvalue weighted by Crippen LogP contribution is 2.32. The van der Waals surface area contributed by atoms with Crippen molar-refractivity contribution in [2.24, 2.45) is 0 Å². The third-order valence-corrected chi connectivity index (χ3v) is 4.60. The molecule has 1 aromatic rings. The van der Waals surface area contributed by atoms with Gasteiger partial charge in [-0.2, -0.15) is 16.7 Å². The molecule has 1 fully saturated rings. The highest BCUT2D eigenvalue weighted by molar-refractivity contribution is 7.99. The molecule has 1 aromatic heterocycles. The molecule has 2 unspecified atom stereocenters. The van der Waals surface area contributed by atoms with Crippen LogP contribution in [0.3, 0.4) is 0 Å². The summed E-state index contributed by atoms with van der Waals surface area (Å²) in [5, 5.41) is 7.80. The minimum absolute atomic E-state index is 0.460. The van der Waals surface area contributed by atoms with Crippen molar-refractivity contribution < 1.29 is 0 Å². The smallest absolute Gasteiger partial charge is 0.224 e. The second-order valence-electron chi connectivity index (χ2n) is 4.38. The van der Waals surface area contributed by atoms with E-state index in [4.69, 9.17) is 11.6 Å². The summed E-state index contributed by atoms with van der Waals surface area (Å²) in [5.74, 6) is 1.37. The number of hydrogen-bond acceptors (Lipinski definition) is 5. The largest absolute Gasteiger partial charge is 0.365 e. The van der Waals surface area contributed by atoms with E-state index in [-0.39, 0.29) is 0 Å². The topological polar surface area (TPSA) is 49.8 Å². The minimum Gasteiger partial charge on any atom is -0.365 e. The van der Waals surface area contributed by atoms with Crippen LogP contribution in [0.2, 0.25) is 5.02 Å². The summed E-state index contributed by atoms with van der Waals surface area (Å²) in [6.45, 7) is 2.82. The molecule has 6 heteroatoms. The molecule has 1 aliphatic carbocycles. The molecular formula is C12H19ClN4S. The maximum absolute atomic E-state index is 6.14. The fourth-order valence-electron chi connectivity index (χ4n) is 2.26. The first kappa shape index (κ1) is 13.7. The molecule has 0 spiro atoms. The number of aromatic nitrogens is 2. The number of thioether (sulfide) groups is 1. The lowest BCUT2D eigenvalue weighted by molar-refractivity contribution is 0.763. The van der Waals surface area contributed by atoms with E-state index in [1.165, 1.54) is 19.3 Å². The lowest BCUT2D eigenvalue weighted by Gasteiger charge is -2.20. The van der Waals surface area contributed by atoms with Crippen molar-refractivity contribution in [1.29, 1.82) is 0 Å². The third kappa shape index (κ3) is 3.20. The molecule has 1 aliphatic rings. The first-order valence-electron chi connectivity index (χ1n) is 6.30. The number of anilines is 2. The molecule has 2 atom stereocenters. The standard InChI is InChI=1S/C12H19ClN4S/c1-3-14-12-15-7-8(13)11(17-12)16-9-5-4-6-10(9)18-2/h7,9-10H,3-6H2,1-2H3,(H2,14,15,16,17). The molecule has 0 aliphatic heterocycles. The fraction of sp³-hybridized carbons (Fsp3) is 0.667. The van der Waals surface area contributed by atoms with Gasteiger partial charge in [-0.3, -0.25) is 0 Å². The summed E-state index contributed by atoms with van der Waals surface area (Å²) < 4.78 is 0. The van der Waals surface area contributed by atoms with Crippen LogP contribution in [0.5, 0.6) is 0 Å². The van der Waals surface area contributed by atoms with Crippen LogP contribution >= 0.6 is 23.4 Å². The molecule has 100 valence electrons. The second-order valence-corrected chi connectivity index (χ2v) is 5.86. The highest BCUT2D eigenvalue weighted by atomic mass is 35.5. The van der Waals surface area contributed by atoms with Crippen molar-refractivity contribution in [3.8, 4) is 0 Å². The quantitative estimate of drug-likeness (QED) is 0.870. The van der Waals surface area contributed by atoms with Gasteiger partial charge in [0, 0.05) is 17.8 Å². The molecule has 1 saturated carbocycles. The summed E-state index contributed by atoms with van der Waals surface area (Å²) in [5.41, 5.74) is 0. The Labute approximate surface area is 117 Å². The Morgan fingerprint density at radius 1 is 1.50 bits per heavy atom. The first-order valence-corrected chi connectivity index (χ1v) is 7.97. The van der Waals surface area contributed by atoms with Crippen molar-refractivity contribution in [2.75, 3.05) is 23.4 Å². The summed E-state index contributed by atoms with van der Waals surface area (Å²) >= 11 is 8.06. The Kier molecular flexibility index (Phi) is 4.95. The number of nitrogens with zero attached hydrogens (tertiary/aromatic N) is 2. The third-order valence-electron chi connectivity index (χ3n) is 3.16. The molecule has 18 heavy (non-hydrogen) atoms. The van der Waals surface area contributed by atoms with Gasteiger partial charge >= 0.3 is 0 Å². The van der Waals surface area contributed by atoms with Crippen molar-refractivity contribution >= 4 is 35.1 Å². The molecule has 0 aromatic carbocycles. The summed E-state index contributed by atoms with van der Waals surface area (Å²) in [7, 11) is 0. The van der Waals surface area contributed by atoms with Crippen LogP contribution in [-0.2, 0) is 0 Å². The monoisotopic (exact) mass is 286 g/mol. The van der Waals surface area contributed by atoms with Gasteiger partial charge < -0.3 is 10.6 Å². The van der Waals surface area contributed by atoms with Crippen LogP contribution in [0.4, 0.5) is 11.8 Å². The maximum atomic E-state index is 6.14. The van der Waals surface area contributed by atoms with E-state index in [9.17, 15) is 0 Å². The molecule has 0 amide bonds. The Morgan fingerprint density at radius 2 is 2.33 bits per heavy atom. The van der Waals surface area contributed by atoms with Crippen LogP contribution in [0, 0.1) is 0 Å². The summed E-state index contributed by atoms with van der Waals surface area (Å²) in [6.07, 6.45) is 7.53. The molecule has 2 N–H and O–H groups in total. The average Bonchev–Trinajstić information content (AvgIpc) is 2.81. The Morgan fingerprint density at radius 3 is 3.06 bits per heavy atom. The van der Waals surface area contributed by atoms with Crippen LogP contribution in [0.15, 0.2) is 6.20 Å². The molecule has 0 radical (unpaired) electrons. The summed E-state index contributed by atoms with van der Waals surface area (Å²) in [6, 6.07) is 0.460. The summed E-state index contributed by atoms with van der Waals surface area (Å²) in [4.78, 5) is 8.56. The number of halogens is 1. The molecular weight excluding hydrogens is 268 g/mol. The van der Waals surface area contributed by atoms with E-state index in [0.29, 0.717) is 22.3 Å². The van der Waals surface area contributed by atoms with Crippen molar-refractivity contribution in [3.05, 3.63) is 11.2 Å². The Balaban J connectivity index is 2.09. The molecule has 4 nitrogen and oxygen atoms in total. The maximum Gasteiger partial charge on any atom is 0.224 e. The van der Waals surface area contributed by atoms with Crippen LogP contribution in [-0.4, -0.2) is 34.1 Å². The van der Waals surface area contributed by atoms with Gasteiger partial charge in [0.2, 0.25) is 5.95 Å². The zero-order valence-corrected chi connectivity index (χ0v) is 12.3. The van der Waals surface area contributed by atoms with Gasteiger partial charge in [0.25, 0.3) is 0 Å². The van der Waals surface area contributed by atoms with Gasteiger partial charge in [0.1, 0.15) is 5.02 Å². The minimum atomic E-state index is 0.460. The van der Waals surface area contributed by atoms with Gasteiger partial charge in [-0.1, -0.05) is 18.0 Å². The van der Waals surface area contributed by atoms with E-state index >= 15 is 0 Å². The number of hydrogen-bond donors (Lipinski definition) is 2. The van der Waals surface area contributed by atoms with Gasteiger partial charge in [-0.05, 0) is 26.0 Å². The van der Waals surface area contributed by atoms with Gasteiger partial charge in [-0.15, -0.1) is 0 Å². The van der Waals surface area contributed by atoms with Crippen molar-refractivity contribution in [1.82, 2.24) is 9.97 Å². The van der Waals surface area contributed by atoms with Gasteiger partial charge in [-0.25, -0.2) is 4.98 Å². The van der Waals surface area contributed by atoms with E-state index in [2.05, 4.69) is 26.9 Å². The van der Waals surface area contributed by atoms with Crippen molar-refractivity contribution in [2.45, 2.75) is 37.5 Å². The average molecular weight is 287 g/mol. The van der Waals surface area contributed by atoms with E-state index < -0.39 is 0 Å². The predicted octanol–water partition coefficient (Wildman–Crippen LogP) is 3.26. The van der Waals surface area contributed by atoms with E-state index in [1.807, 2.05) is 18.7 Å². The van der Waals surface area contributed by atoms with Crippen LogP contribution in [0.1, 0.15) is 26.2 Å². The van der Waals surface area contributed by atoms with Gasteiger partial charge in [0.15, 0.2) is 5.82 Å². The lowest BCUT2D eigenvalue weighted by atomic mass is 10.2. The fourth-order valence-corrected chi connectivity index (χ4v) is 3.34. The van der Waals surface area contributed by atoms with Crippen molar-refractivity contribution in [3.63, 3.8) is 0 Å². The molecule has 0 saturated heterocycles. The number of nitrogens with one attached hydrogen (secondary N) is 2.